The van der Waals surface area contributed by atoms with Gasteiger partial charge < -0.3 is 10.1 Å². The minimum absolute atomic E-state index is 0.0381. The Bertz CT molecular complexity index is 670. The van der Waals surface area contributed by atoms with E-state index in [0.29, 0.717) is 6.54 Å². The van der Waals surface area contributed by atoms with Crippen LogP contribution >= 0.6 is 11.6 Å². The lowest BCUT2D eigenvalue weighted by Crippen LogP contribution is -2.30. The van der Waals surface area contributed by atoms with Gasteiger partial charge in [0.05, 0.1) is 0 Å². The molecule has 0 saturated heterocycles. The van der Waals surface area contributed by atoms with Crippen LogP contribution in [0, 0.1) is 13.8 Å². The van der Waals surface area contributed by atoms with E-state index in [4.69, 9.17) is 16.3 Å². The van der Waals surface area contributed by atoms with Crippen LogP contribution in [0.1, 0.15) is 23.1 Å². The summed E-state index contributed by atoms with van der Waals surface area (Å²) in [6.07, 6.45) is 1.69. The molecule has 0 aliphatic rings. The quantitative estimate of drug-likeness (QED) is 0.776. The zero-order chi connectivity index (χ0) is 16.7. The van der Waals surface area contributed by atoms with Gasteiger partial charge in [-0.2, -0.15) is 0 Å². The number of rotatable bonds is 7. The first-order chi connectivity index (χ1) is 11.1. The van der Waals surface area contributed by atoms with Gasteiger partial charge in [-0.15, -0.1) is 0 Å². The third-order valence-corrected chi connectivity index (χ3v) is 3.97. The van der Waals surface area contributed by atoms with Gasteiger partial charge in [-0.05, 0) is 55.5 Å². The molecule has 0 saturated carbocycles. The summed E-state index contributed by atoms with van der Waals surface area (Å²) < 4.78 is 5.58. The molecule has 0 aromatic heterocycles. The van der Waals surface area contributed by atoms with Crippen LogP contribution in [-0.2, 0) is 11.2 Å². The van der Waals surface area contributed by atoms with E-state index in [-0.39, 0.29) is 12.5 Å². The summed E-state index contributed by atoms with van der Waals surface area (Å²) in [7, 11) is 0. The van der Waals surface area contributed by atoms with Gasteiger partial charge in [-0.1, -0.05) is 41.9 Å². The maximum absolute atomic E-state index is 11.8. The molecule has 2 aromatic carbocycles. The molecule has 23 heavy (non-hydrogen) atoms. The van der Waals surface area contributed by atoms with Crippen molar-refractivity contribution in [3.8, 4) is 5.75 Å². The molecule has 0 atom stereocenters. The summed E-state index contributed by atoms with van der Waals surface area (Å²) in [4.78, 5) is 11.8. The second-order valence-electron chi connectivity index (χ2n) is 5.60. The summed E-state index contributed by atoms with van der Waals surface area (Å²) in [6.45, 7) is 4.62. The van der Waals surface area contributed by atoms with Crippen molar-refractivity contribution < 1.29 is 9.53 Å². The Kier molecular flexibility index (Phi) is 6.48. The lowest BCUT2D eigenvalue weighted by molar-refractivity contribution is -0.123. The largest absolute Gasteiger partial charge is 0.483 e. The first kappa shape index (κ1) is 17.4. The van der Waals surface area contributed by atoms with Gasteiger partial charge in [0.2, 0.25) is 0 Å². The van der Waals surface area contributed by atoms with Crippen LogP contribution in [0.4, 0.5) is 0 Å². The molecular weight excluding hydrogens is 310 g/mol. The summed E-state index contributed by atoms with van der Waals surface area (Å²) >= 11 is 6.10. The molecule has 122 valence electrons. The number of hydrogen-bond donors (Lipinski definition) is 1. The Morgan fingerprint density at radius 3 is 2.74 bits per heavy atom. The van der Waals surface area contributed by atoms with Crippen LogP contribution in [0.15, 0.2) is 42.5 Å². The molecule has 0 radical (unpaired) electrons. The fraction of sp³-hybridized carbons (Fsp3) is 0.316. The third-order valence-electron chi connectivity index (χ3n) is 3.61. The Labute approximate surface area is 142 Å². The zero-order valence-electron chi connectivity index (χ0n) is 13.6. The van der Waals surface area contributed by atoms with Crippen molar-refractivity contribution >= 4 is 17.5 Å². The van der Waals surface area contributed by atoms with Crippen LogP contribution in [0.3, 0.4) is 0 Å². The number of benzene rings is 2. The molecule has 1 amide bonds. The van der Waals surface area contributed by atoms with E-state index in [2.05, 4.69) is 5.32 Å². The Hall–Kier alpha value is -2.00. The van der Waals surface area contributed by atoms with E-state index in [9.17, 15) is 4.79 Å². The monoisotopic (exact) mass is 331 g/mol. The molecule has 0 aliphatic carbocycles. The molecule has 0 bridgehead atoms. The first-order valence-electron chi connectivity index (χ1n) is 7.76. The number of aryl methyl sites for hydroxylation is 3. The average molecular weight is 332 g/mol. The van der Waals surface area contributed by atoms with Crippen molar-refractivity contribution in [3.63, 3.8) is 0 Å². The molecule has 4 heteroatoms. The number of hydrogen-bond acceptors (Lipinski definition) is 2. The maximum atomic E-state index is 11.8. The Balaban J connectivity index is 1.69. The van der Waals surface area contributed by atoms with E-state index >= 15 is 0 Å². The van der Waals surface area contributed by atoms with Crippen LogP contribution in [0.25, 0.3) is 0 Å². The molecule has 2 aromatic rings. The lowest BCUT2D eigenvalue weighted by atomic mass is 10.1. The Morgan fingerprint density at radius 1 is 1.17 bits per heavy atom. The molecule has 1 N–H and O–H groups in total. The van der Waals surface area contributed by atoms with Gasteiger partial charge in [0.15, 0.2) is 6.61 Å². The van der Waals surface area contributed by atoms with E-state index in [0.717, 1.165) is 40.3 Å². The standard InChI is InChI=1S/C19H22ClNO2/c1-14-9-10-15(2)18(12-14)23-13-19(22)21-11-5-7-16-6-3-4-8-17(16)20/h3-4,6,8-10,12H,5,7,11,13H2,1-2H3,(H,21,22). The minimum atomic E-state index is -0.106. The maximum Gasteiger partial charge on any atom is 0.257 e. The molecule has 0 fully saturated rings. The third kappa shape index (κ3) is 5.61. The van der Waals surface area contributed by atoms with Gasteiger partial charge in [0, 0.05) is 11.6 Å². The first-order valence-corrected chi connectivity index (χ1v) is 8.14. The average Bonchev–Trinajstić information content (AvgIpc) is 2.54. The van der Waals surface area contributed by atoms with Crippen LogP contribution in [-0.4, -0.2) is 19.1 Å². The summed E-state index contributed by atoms with van der Waals surface area (Å²) in [6, 6.07) is 13.7. The number of halogens is 1. The zero-order valence-corrected chi connectivity index (χ0v) is 14.3. The fourth-order valence-corrected chi connectivity index (χ4v) is 2.50. The molecule has 2 rings (SSSR count). The van der Waals surface area contributed by atoms with Crippen molar-refractivity contribution in [2.45, 2.75) is 26.7 Å². The minimum Gasteiger partial charge on any atom is -0.483 e. The SMILES string of the molecule is Cc1ccc(C)c(OCC(=O)NCCCc2ccccc2Cl)c1. The van der Waals surface area contributed by atoms with Crippen molar-refractivity contribution in [1.29, 1.82) is 0 Å². The van der Waals surface area contributed by atoms with Crippen molar-refractivity contribution in [1.82, 2.24) is 5.32 Å². The number of carbonyl (C=O) groups is 1. The van der Waals surface area contributed by atoms with Crippen LogP contribution < -0.4 is 10.1 Å². The smallest absolute Gasteiger partial charge is 0.257 e. The molecule has 0 spiro atoms. The van der Waals surface area contributed by atoms with Crippen molar-refractivity contribution in [2.24, 2.45) is 0 Å². The number of nitrogens with one attached hydrogen (secondary N) is 1. The summed E-state index contributed by atoms with van der Waals surface area (Å²) in [5, 5.41) is 3.64. The van der Waals surface area contributed by atoms with Crippen molar-refractivity contribution in [3.05, 3.63) is 64.2 Å². The molecular formula is C19H22ClNO2. The van der Waals surface area contributed by atoms with Gasteiger partial charge in [0.1, 0.15) is 5.75 Å². The van der Waals surface area contributed by atoms with E-state index in [1.807, 2.05) is 56.3 Å². The number of carbonyl (C=O) groups excluding carboxylic acids is 1. The Morgan fingerprint density at radius 2 is 1.96 bits per heavy atom. The van der Waals surface area contributed by atoms with E-state index in [1.54, 1.807) is 0 Å². The second kappa shape index (κ2) is 8.59. The summed E-state index contributed by atoms with van der Waals surface area (Å²) in [5.41, 5.74) is 3.25. The topological polar surface area (TPSA) is 38.3 Å². The lowest BCUT2D eigenvalue weighted by Gasteiger charge is -2.10. The highest BCUT2D eigenvalue weighted by molar-refractivity contribution is 6.31. The molecule has 0 aliphatic heterocycles. The molecule has 0 unspecified atom stereocenters. The van der Waals surface area contributed by atoms with Gasteiger partial charge >= 0.3 is 0 Å². The van der Waals surface area contributed by atoms with Gasteiger partial charge in [-0.25, -0.2) is 0 Å². The normalized spacial score (nSPS) is 10.4. The second-order valence-corrected chi connectivity index (χ2v) is 6.01. The van der Waals surface area contributed by atoms with Gasteiger partial charge in [-0.3, -0.25) is 4.79 Å². The van der Waals surface area contributed by atoms with Gasteiger partial charge in [0.25, 0.3) is 5.91 Å². The fourth-order valence-electron chi connectivity index (χ4n) is 2.26. The van der Waals surface area contributed by atoms with Crippen LogP contribution in [0.5, 0.6) is 5.75 Å². The summed E-state index contributed by atoms with van der Waals surface area (Å²) in [5.74, 6) is 0.654. The predicted molar refractivity (Wildman–Crippen MR) is 94.2 cm³/mol. The van der Waals surface area contributed by atoms with E-state index < -0.39 is 0 Å². The van der Waals surface area contributed by atoms with Crippen molar-refractivity contribution in [2.75, 3.05) is 13.2 Å². The van der Waals surface area contributed by atoms with Crippen LogP contribution in [0.2, 0.25) is 5.02 Å². The highest BCUT2D eigenvalue weighted by Crippen LogP contribution is 2.19. The number of ether oxygens (including phenoxy) is 1. The molecule has 3 nitrogen and oxygen atoms in total. The molecule has 0 heterocycles. The van der Waals surface area contributed by atoms with E-state index in [1.165, 1.54) is 0 Å². The highest BCUT2D eigenvalue weighted by atomic mass is 35.5. The number of amides is 1. The predicted octanol–water partition coefficient (Wildman–Crippen LogP) is 4.08. The highest BCUT2D eigenvalue weighted by Gasteiger charge is 2.05.